The van der Waals surface area contributed by atoms with Gasteiger partial charge in [-0.2, -0.15) is 0 Å². The molecule has 1 unspecified atom stereocenters. The molecule has 18 heavy (non-hydrogen) atoms. The lowest BCUT2D eigenvalue weighted by atomic mass is 10.1. The van der Waals surface area contributed by atoms with Crippen LogP contribution < -0.4 is 11.1 Å². The monoisotopic (exact) mass is 312 g/mol. The van der Waals surface area contributed by atoms with Crippen molar-refractivity contribution >= 4 is 21.8 Å². The molecular formula is C14H21BrN2O. The molecule has 0 aliphatic rings. The fraction of sp³-hybridized carbons (Fsp3) is 0.500. The Labute approximate surface area is 117 Å². The number of halogens is 1. The first-order chi connectivity index (χ1) is 8.58. The first-order valence-corrected chi connectivity index (χ1v) is 7.14. The predicted molar refractivity (Wildman–Crippen MR) is 78.7 cm³/mol. The first-order valence-electron chi connectivity index (χ1n) is 6.35. The van der Waals surface area contributed by atoms with E-state index in [0.717, 1.165) is 29.3 Å². The summed E-state index contributed by atoms with van der Waals surface area (Å²) in [6.07, 6.45) is 3.12. The minimum Gasteiger partial charge on any atom is -0.348 e. The van der Waals surface area contributed by atoms with Gasteiger partial charge < -0.3 is 11.1 Å². The molecule has 100 valence electrons. The van der Waals surface area contributed by atoms with Gasteiger partial charge in [0, 0.05) is 17.1 Å². The minimum absolute atomic E-state index is 0.0582. The van der Waals surface area contributed by atoms with Gasteiger partial charge in [0.05, 0.1) is 5.56 Å². The molecule has 0 aliphatic carbocycles. The maximum atomic E-state index is 12.2. The molecule has 1 atom stereocenters. The van der Waals surface area contributed by atoms with Gasteiger partial charge in [-0.1, -0.05) is 31.4 Å². The van der Waals surface area contributed by atoms with Crippen molar-refractivity contribution in [3.63, 3.8) is 0 Å². The second kappa shape index (κ2) is 7.54. The number of unbranched alkanes of at least 4 members (excludes halogenated alkanes) is 1. The van der Waals surface area contributed by atoms with E-state index in [4.69, 9.17) is 5.73 Å². The van der Waals surface area contributed by atoms with Crippen molar-refractivity contribution in [2.24, 2.45) is 5.73 Å². The molecule has 0 spiro atoms. The van der Waals surface area contributed by atoms with Gasteiger partial charge in [-0.05, 0) is 41.4 Å². The Hall–Kier alpha value is -0.870. The van der Waals surface area contributed by atoms with Crippen molar-refractivity contribution in [1.82, 2.24) is 5.32 Å². The number of aryl methyl sites for hydroxylation is 1. The fourth-order valence-corrected chi connectivity index (χ4v) is 2.20. The van der Waals surface area contributed by atoms with E-state index in [1.54, 1.807) is 0 Å². The lowest BCUT2D eigenvalue weighted by Crippen LogP contribution is -2.40. The summed E-state index contributed by atoms with van der Waals surface area (Å²) in [6, 6.07) is 5.81. The van der Waals surface area contributed by atoms with E-state index >= 15 is 0 Å². The Bertz CT molecular complexity index is 407. The van der Waals surface area contributed by atoms with Crippen molar-refractivity contribution in [3.05, 3.63) is 33.8 Å². The smallest absolute Gasteiger partial charge is 0.252 e. The molecule has 0 saturated heterocycles. The van der Waals surface area contributed by atoms with Crippen LogP contribution in [0.25, 0.3) is 0 Å². The zero-order valence-electron chi connectivity index (χ0n) is 11.0. The van der Waals surface area contributed by atoms with Gasteiger partial charge in [-0.25, -0.2) is 0 Å². The second-order valence-electron chi connectivity index (χ2n) is 4.53. The molecule has 0 heterocycles. The molecule has 0 fully saturated rings. The summed E-state index contributed by atoms with van der Waals surface area (Å²) in [5.41, 5.74) is 7.42. The van der Waals surface area contributed by atoms with Crippen molar-refractivity contribution in [2.75, 3.05) is 6.54 Å². The third-order valence-corrected chi connectivity index (χ3v) is 3.58. The van der Waals surface area contributed by atoms with Gasteiger partial charge in [0.2, 0.25) is 0 Å². The zero-order valence-corrected chi connectivity index (χ0v) is 12.6. The van der Waals surface area contributed by atoms with Gasteiger partial charge in [0.15, 0.2) is 0 Å². The molecule has 0 saturated carbocycles. The molecule has 1 aromatic rings. The predicted octanol–water partition coefficient (Wildman–Crippen LogP) is 3.00. The van der Waals surface area contributed by atoms with Crippen LogP contribution in [0.15, 0.2) is 22.7 Å². The highest BCUT2D eigenvalue weighted by Crippen LogP contribution is 2.18. The lowest BCUT2D eigenvalue weighted by molar-refractivity contribution is 0.0935. The van der Waals surface area contributed by atoms with Gasteiger partial charge in [0.25, 0.3) is 5.91 Å². The van der Waals surface area contributed by atoms with Crippen LogP contribution in [0.5, 0.6) is 0 Å². The molecule has 3 N–H and O–H groups in total. The lowest BCUT2D eigenvalue weighted by Gasteiger charge is -2.17. The van der Waals surface area contributed by atoms with E-state index in [0.29, 0.717) is 12.1 Å². The largest absolute Gasteiger partial charge is 0.348 e. The number of carbonyl (C=O) groups excluding carboxylic acids is 1. The second-order valence-corrected chi connectivity index (χ2v) is 5.39. The number of carbonyl (C=O) groups is 1. The Kier molecular flexibility index (Phi) is 6.36. The molecule has 1 amide bonds. The Morgan fingerprint density at radius 3 is 2.83 bits per heavy atom. The van der Waals surface area contributed by atoms with Gasteiger partial charge in [-0.3, -0.25) is 4.79 Å². The minimum atomic E-state index is -0.0582. The van der Waals surface area contributed by atoms with Crippen molar-refractivity contribution < 1.29 is 4.79 Å². The quantitative estimate of drug-likeness (QED) is 0.848. The van der Waals surface area contributed by atoms with Crippen LogP contribution in [0, 0.1) is 6.92 Å². The van der Waals surface area contributed by atoms with E-state index < -0.39 is 0 Å². The van der Waals surface area contributed by atoms with Gasteiger partial charge >= 0.3 is 0 Å². The SMILES string of the molecule is CCCCC(CN)NC(=O)c1cc(C)ccc1Br. The normalized spacial score (nSPS) is 12.2. The van der Waals surface area contributed by atoms with Crippen LogP contribution in [-0.4, -0.2) is 18.5 Å². The van der Waals surface area contributed by atoms with Crippen molar-refractivity contribution in [2.45, 2.75) is 39.2 Å². The molecule has 1 aromatic carbocycles. The Morgan fingerprint density at radius 2 is 2.22 bits per heavy atom. The highest BCUT2D eigenvalue weighted by atomic mass is 79.9. The average Bonchev–Trinajstić information content (AvgIpc) is 2.37. The summed E-state index contributed by atoms with van der Waals surface area (Å²) in [5.74, 6) is -0.0582. The summed E-state index contributed by atoms with van der Waals surface area (Å²) in [7, 11) is 0. The third-order valence-electron chi connectivity index (χ3n) is 2.89. The van der Waals surface area contributed by atoms with Crippen LogP contribution in [0.4, 0.5) is 0 Å². The molecular weight excluding hydrogens is 292 g/mol. The van der Waals surface area contributed by atoms with Gasteiger partial charge in [0.1, 0.15) is 0 Å². The van der Waals surface area contributed by atoms with Crippen LogP contribution in [0.2, 0.25) is 0 Å². The molecule has 0 aromatic heterocycles. The number of hydrogen-bond acceptors (Lipinski definition) is 2. The summed E-state index contributed by atoms with van der Waals surface area (Å²) in [4.78, 5) is 12.2. The first kappa shape index (κ1) is 15.2. The summed E-state index contributed by atoms with van der Waals surface area (Å²) in [6.45, 7) is 4.59. The molecule has 4 heteroatoms. The average molecular weight is 313 g/mol. The van der Waals surface area contributed by atoms with Crippen LogP contribution in [-0.2, 0) is 0 Å². The van der Waals surface area contributed by atoms with E-state index in [1.165, 1.54) is 0 Å². The van der Waals surface area contributed by atoms with Crippen LogP contribution in [0.3, 0.4) is 0 Å². The van der Waals surface area contributed by atoms with Crippen molar-refractivity contribution in [1.29, 1.82) is 0 Å². The summed E-state index contributed by atoms with van der Waals surface area (Å²) >= 11 is 3.40. The van der Waals surface area contributed by atoms with E-state index in [-0.39, 0.29) is 11.9 Å². The molecule has 0 aliphatic heterocycles. The van der Waals surface area contributed by atoms with Crippen molar-refractivity contribution in [3.8, 4) is 0 Å². The maximum Gasteiger partial charge on any atom is 0.252 e. The highest BCUT2D eigenvalue weighted by molar-refractivity contribution is 9.10. The number of benzene rings is 1. The molecule has 0 radical (unpaired) electrons. The summed E-state index contributed by atoms with van der Waals surface area (Å²) in [5, 5.41) is 2.99. The van der Waals surface area contributed by atoms with E-state index in [2.05, 4.69) is 28.2 Å². The topological polar surface area (TPSA) is 55.1 Å². The van der Waals surface area contributed by atoms with Crippen LogP contribution >= 0.6 is 15.9 Å². The van der Waals surface area contributed by atoms with E-state index in [9.17, 15) is 4.79 Å². The third kappa shape index (κ3) is 4.42. The molecule has 1 rings (SSSR count). The van der Waals surface area contributed by atoms with E-state index in [1.807, 2.05) is 25.1 Å². The molecule has 3 nitrogen and oxygen atoms in total. The number of amides is 1. The Morgan fingerprint density at radius 1 is 1.50 bits per heavy atom. The zero-order chi connectivity index (χ0) is 13.5. The number of nitrogens with one attached hydrogen (secondary N) is 1. The number of rotatable bonds is 6. The molecule has 0 bridgehead atoms. The summed E-state index contributed by atoms with van der Waals surface area (Å²) < 4.78 is 0.817. The van der Waals surface area contributed by atoms with Gasteiger partial charge in [-0.15, -0.1) is 0 Å². The fourth-order valence-electron chi connectivity index (χ4n) is 1.78. The highest BCUT2D eigenvalue weighted by Gasteiger charge is 2.14. The number of hydrogen-bond donors (Lipinski definition) is 2. The standard InChI is InChI=1S/C14H21BrN2O/c1-3-4-5-11(9-16)17-14(18)12-8-10(2)6-7-13(12)15/h6-8,11H,3-5,9,16H2,1-2H3,(H,17,18). The Balaban J connectivity index is 2.71. The maximum absolute atomic E-state index is 12.2. The van der Waals surface area contributed by atoms with Crippen LogP contribution in [0.1, 0.15) is 42.1 Å². The number of nitrogens with two attached hydrogens (primary N) is 1.